The number of aryl methyl sites for hydroxylation is 1. The molecule has 1 aromatic heterocycles. The van der Waals surface area contributed by atoms with Gasteiger partial charge in [-0.2, -0.15) is 0 Å². The lowest BCUT2D eigenvalue weighted by Crippen LogP contribution is -2.81. The quantitative estimate of drug-likeness (QED) is 0.697. The number of piperidine rings is 1. The Morgan fingerprint density at radius 1 is 1.00 bits per heavy atom. The SMILES string of the molecule is C#C.C#C.C1CCCCC1.COCc1nc(C)sc1[C@@H]1C[NH2+]CC1C(=O)N1CCCCC1. The van der Waals surface area contributed by atoms with Crippen molar-refractivity contribution in [2.24, 2.45) is 5.92 Å². The number of ether oxygens (including phenoxy) is 1. The highest BCUT2D eigenvalue weighted by Gasteiger charge is 2.41. The molecular formula is C26H42N3O2S+. The average molecular weight is 461 g/mol. The number of nitrogens with two attached hydrogens (primary N) is 1. The minimum atomic E-state index is 0.105. The maximum atomic E-state index is 12.9. The first-order valence-corrected chi connectivity index (χ1v) is 12.7. The third-order valence-corrected chi connectivity index (χ3v) is 7.41. The topological polar surface area (TPSA) is 59.0 Å². The zero-order valence-electron chi connectivity index (χ0n) is 20.1. The highest BCUT2D eigenvalue weighted by Crippen LogP contribution is 2.34. The summed E-state index contributed by atoms with van der Waals surface area (Å²) in [4.78, 5) is 20.9. The van der Waals surface area contributed by atoms with E-state index >= 15 is 0 Å². The molecule has 1 aromatic rings. The Morgan fingerprint density at radius 3 is 2.06 bits per heavy atom. The van der Waals surface area contributed by atoms with Crippen LogP contribution in [0.25, 0.3) is 0 Å². The van der Waals surface area contributed by atoms with Gasteiger partial charge in [0, 0.05) is 25.1 Å². The Kier molecular flexibility index (Phi) is 14.7. The van der Waals surface area contributed by atoms with Crippen molar-refractivity contribution in [2.75, 3.05) is 33.3 Å². The van der Waals surface area contributed by atoms with E-state index in [0.29, 0.717) is 18.4 Å². The number of aromatic nitrogens is 1. The predicted molar refractivity (Wildman–Crippen MR) is 133 cm³/mol. The van der Waals surface area contributed by atoms with Crippen molar-refractivity contribution in [3.63, 3.8) is 0 Å². The van der Waals surface area contributed by atoms with Gasteiger partial charge in [-0.25, -0.2) is 4.98 Å². The van der Waals surface area contributed by atoms with Gasteiger partial charge < -0.3 is 15.0 Å². The van der Waals surface area contributed by atoms with Crippen molar-refractivity contribution in [1.82, 2.24) is 9.88 Å². The van der Waals surface area contributed by atoms with Gasteiger partial charge in [0.1, 0.15) is 5.92 Å². The van der Waals surface area contributed by atoms with Gasteiger partial charge in [0.25, 0.3) is 0 Å². The molecule has 3 fully saturated rings. The van der Waals surface area contributed by atoms with Crippen LogP contribution in [-0.2, 0) is 16.1 Å². The Balaban J connectivity index is 0.000000432. The number of likely N-dealkylation sites (tertiary alicyclic amines) is 1. The summed E-state index contributed by atoms with van der Waals surface area (Å²) >= 11 is 1.74. The van der Waals surface area contributed by atoms with Crippen molar-refractivity contribution in [1.29, 1.82) is 0 Å². The third-order valence-electron chi connectivity index (χ3n) is 6.26. The number of carbonyl (C=O) groups excluding carboxylic acids is 1. The van der Waals surface area contributed by atoms with E-state index in [2.05, 4.69) is 40.9 Å². The van der Waals surface area contributed by atoms with Crippen LogP contribution < -0.4 is 5.32 Å². The molecule has 0 radical (unpaired) electrons. The predicted octanol–water partition coefficient (Wildman–Crippen LogP) is 3.73. The first-order chi connectivity index (χ1) is 15.7. The summed E-state index contributed by atoms with van der Waals surface area (Å²) in [6, 6.07) is 0. The Labute approximate surface area is 199 Å². The Bertz CT molecular complexity index is 670. The van der Waals surface area contributed by atoms with Gasteiger partial charge >= 0.3 is 0 Å². The average Bonchev–Trinajstić information content (AvgIpc) is 3.50. The number of quaternary nitrogens is 1. The summed E-state index contributed by atoms with van der Waals surface area (Å²) in [6.07, 6.45) is 28.6. The first kappa shape index (κ1) is 28.2. The second-order valence-electron chi connectivity index (χ2n) is 8.46. The number of nitrogens with zero attached hydrogens (tertiary/aromatic N) is 2. The monoisotopic (exact) mass is 460 g/mol. The fraction of sp³-hybridized carbons (Fsp3) is 0.692. The van der Waals surface area contributed by atoms with Crippen molar-refractivity contribution in [3.8, 4) is 25.7 Å². The maximum Gasteiger partial charge on any atom is 0.232 e. The molecule has 0 aromatic carbocycles. The normalized spacial score (nSPS) is 22.2. The third kappa shape index (κ3) is 8.58. The van der Waals surface area contributed by atoms with Crippen LogP contribution in [0, 0.1) is 38.5 Å². The molecule has 5 nitrogen and oxygen atoms in total. The van der Waals surface area contributed by atoms with Crippen LogP contribution in [-0.4, -0.2) is 49.1 Å². The van der Waals surface area contributed by atoms with E-state index in [1.165, 1.54) is 49.8 Å². The molecule has 3 heterocycles. The summed E-state index contributed by atoms with van der Waals surface area (Å²) in [5.74, 6) is 0.757. The van der Waals surface area contributed by atoms with E-state index in [-0.39, 0.29) is 5.92 Å². The van der Waals surface area contributed by atoms with Gasteiger partial charge in [0.2, 0.25) is 5.91 Å². The summed E-state index contributed by atoms with van der Waals surface area (Å²) in [7, 11) is 1.70. The molecule has 1 saturated carbocycles. The molecule has 3 aliphatic rings. The van der Waals surface area contributed by atoms with E-state index in [4.69, 9.17) is 4.74 Å². The van der Waals surface area contributed by atoms with Crippen molar-refractivity contribution in [3.05, 3.63) is 15.6 Å². The van der Waals surface area contributed by atoms with Crippen molar-refractivity contribution >= 4 is 17.2 Å². The molecule has 2 N–H and O–H groups in total. The summed E-state index contributed by atoms with van der Waals surface area (Å²) in [5, 5.41) is 3.35. The number of terminal acetylenes is 2. The Morgan fingerprint density at radius 2 is 1.53 bits per heavy atom. The molecule has 0 bridgehead atoms. The summed E-state index contributed by atoms with van der Waals surface area (Å²) in [6.45, 7) is 6.35. The lowest BCUT2D eigenvalue weighted by molar-refractivity contribution is -0.638. The van der Waals surface area contributed by atoms with Crippen LogP contribution in [0.2, 0.25) is 0 Å². The molecule has 0 spiro atoms. The van der Waals surface area contributed by atoms with Gasteiger partial charge in [-0.05, 0) is 26.2 Å². The standard InChI is InChI=1S/C16H25N3O2S.C6H12.2C2H2/c1-11-18-14(10-21-2)15(22-11)12-8-17-9-13(12)16(20)19-6-4-3-5-7-19;1-2-4-6-5-3-1;2*1-2/h12-13,17H,3-10H2,1-2H3;1-6H2;2*1-2H/p+1/t12-,13?;;;/m1.../s1. The van der Waals surface area contributed by atoms with Crippen LogP contribution in [0.5, 0.6) is 0 Å². The van der Waals surface area contributed by atoms with Crippen LogP contribution >= 0.6 is 11.3 Å². The summed E-state index contributed by atoms with van der Waals surface area (Å²) < 4.78 is 5.29. The van der Waals surface area contributed by atoms with Crippen LogP contribution in [0.3, 0.4) is 0 Å². The Hall–Kier alpha value is -1.86. The zero-order valence-corrected chi connectivity index (χ0v) is 20.9. The van der Waals surface area contributed by atoms with Crippen molar-refractivity contribution in [2.45, 2.75) is 77.2 Å². The second-order valence-corrected chi connectivity index (χ2v) is 9.69. The number of methoxy groups -OCH3 is 1. The van der Waals surface area contributed by atoms with Gasteiger partial charge in [-0.3, -0.25) is 4.79 Å². The van der Waals surface area contributed by atoms with Gasteiger partial charge in [-0.15, -0.1) is 37.0 Å². The number of thiazole rings is 1. The highest BCUT2D eigenvalue weighted by atomic mass is 32.1. The maximum absolute atomic E-state index is 12.9. The second kappa shape index (κ2) is 16.7. The molecule has 178 valence electrons. The zero-order chi connectivity index (χ0) is 23.8. The molecule has 4 rings (SSSR count). The fourth-order valence-electron chi connectivity index (χ4n) is 4.77. The van der Waals surface area contributed by atoms with E-state index in [1.807, 2.05) is 6.92 Å². The number of hydrogen-bond donors (Lipinski definition) is 1. The van der Waals surface area contributed by atoms with Crippen LogP contribution in [0.15, 0.2) is 0 Å². The van der Waals surface area contributed by atoms with Crippen molar-refractivity contribution < 1.29 is 14.8 Å². The van der Waals surface area contributed by atoms with E-state index < -0.39 is 0 Å². The molecule has 1 amide bonds. The molecule has 6 heteroatoms. The first-order valence-electron chi connectivity index (χ1n) is 11.9. The smallest absolute Gasteiger partial charge is 0.232 e. The number of amides is 1. The van der Waals surface area contributed by atoms with Gasteiger partial charge in [0.05, 0.1) is 36.3 Å². The van der Waals surface area contributed by atoms with Crippen LogP contribution in [0.1, 0.15) is 79.3 Å². The molecule has 2 aliphatic heterocycles. The molecule has 2 saturated heterocycles. The lowest BCUT2D eigenvalue weighted by Gasteiger charge is -2.29. The van der Waals surface area contributed by atoms with E-state index in [0.717, 1.165) is 49.7 Å². The summed E-state index contributed by atoms with van der Waals surface area (Å²) in [5.41, 5.74) is 1.03. The van der Waals surface area contributed by atoms with E-state index in [1.54, 1.807) is 18.4 Å². The molecule has 32 heavy (non-hydrogen) atoms. The number of carbonyl (C=O) groups is 1. The number of hydrogen-bond acceptors (Lipinski definition) is 4. The van der Waals surface area contributed by atoms with Crippen LogP contribution in [0.4, 0.5) is 0 Å². The lowest BCUT2D eigenvalue weighted by atomic mass is 9.91. The molecule has 1 aliphatic carbocycles. The van der Waals surface area contributed by atoms with E-state index in [9.17, 15) is 4.79 Å². The molecule has 1 unspecified atom stereocenters. The minimum Gasteiger partial charge on any atom is -0.378 e. The largest absolute Gasteiger partial charge is 0.378 e. The molecule has 2 atom stereocenters. The molecular weight excluding hydrogens is 418 g/mol. The minimum absolute atomic E-state index is 0.105. The fourth-order valence-corrected chi connectivity index (χ4v) is 5.88. The number of rotatable bonds is 4. The van der Waals surface area contributed by atoms with Gasteiger partial charge in [0.15, 0.2) is 0 Å². The highest BCUT2D eigenvalue weighted by molar-refractivity contribution is 7.11. The van der Waals surface area contributed by atoms with Gasteiger partial charge in [-0.1, -0.05) is 38.5 Å².